The van der Waals surface area contributed by atoms with Crippen LogP contribution in [0.1, 0.15) is 31.9 Å². The molecule has 0 aliphatic rings. The van der Waals surface area contributed by atoms with E-state index in [0.29, 0.717) is 22.9 Å². The molecule has 42 heavy (non-hydrogen) atoms. The number of halogens is 3. The van der Waals surface area contributed by atoms with E-state index < -0.39 is 28.5 Å². The molecule has 0 fully saturated rings. The Morgan fingerprint density at radius 3 is 2.14 bits per heavy atom. The Bertz CT molecular complexity index is 1530. The van der Waals surface area contributed by atoms with E-state index >= 15 is 0 Å². The van der Waals surface area contributed by atoms with Gasteiger partial charge in [-0.15, -0.1) is 0 Å². The molecule has 0 unspecified atom stereocenters. The number of hydrogen-bond donors (Lipinski definition) is 1. The number of ether oxygens (including phenoxy) is 1. The number of nitrogens with zero attached hydrogens (tertiary/aromatic N) is 2. The molecular weight excluding hydrogens is 621 g/mol. The van der Waals surface area contributed by atoms with Gasteiger partial charge in [0.15, 0.2) is 0 Å². The third kappa shape index (κ3) is 8.31. The minimum absolute atomic E-state index is 0.00778. The van der Waals surface area contributed by atoms with Crippen molar-refractivity contribution in [2.75, 3.05) is 24.5 Å². The van der Waals surface area contributed by atoms with Gasteiger partial charge < -0.3 is 15.0 Å². The van der Waals surface area contributed by atoms with Gasteiger partial charge in [-0.2, -0.15) is 0 Å². The topological polar surface area (TPSA) is 96.0 Å². The normalized spacial score (nSPS) is 12.1. The summed E-state index contributed by atoms with van der Waals surface area (Å²) in [4.78, 5) is 28.5. The lowest BCUT2D eigenvalue weighted by atomic mass is 10.1. The van der Waals surface area contributed by atoms with Gasteiger partial charge in [-0.25, -0.2) is 8.42 Å². The lowest BCUT2D eigenvalue weighted by Gasteiger charge is -2.32. The van der Waals surface area contributed by atoms with Gasteiger partial charge in [0.2, 0.25) is 11.8 Å². The number of carbonyl (C=O) groups excluding carboxylic acids is 2. The van der Waals surface area contributed by atoms with Crippen LogP contribution >= 0.6 is 34.8 Å². The molecule has 2 amide bonds. The fraction of sp³-hybridized carbons (Fsp3) is 0.333. The van der Waals surface area contributed by atoms with Crippen LogP contribution in [0.3, 0.4) is 0 Å². The van der Waals surface area contributed by atoms with Crippen LogP contribution in [0.25, 0.3) is 0 Å². The highest BCUT2D eigenvalue weighted by molar-refractivity contribution is 7.92. The van der Waals surface area contributed by atoms with Gasteiger partial charge in [-0.05, 0) is 67.8 Å². The van der Waals surface area contributed by atoms with Gasteiger partial charge in [0.25, 0.3) is 10.0 Å². The van der Waals surface area contributed by atoms with Crippen molar-refractivity contribution in [1.82, 2.24) is 10.2 Å². The van der Waals surface area contributed by atoms with Crippen LogP contribution in [0.2, 0.25) is 15.1 Å². The van der Waals surface area contributed by atoms with Crippen molar-refractivity contribution in [2.24, 2.45) is 5.92 Å². The lowest BCUT2D eigenvalue weighted by molar-refractivity contribution is -0.139. The fourth-order valence-corrected chi connectivity index (χ4v) is 6.02. The number of hydrogen-bond acceptors (Lipinski definition) is 5. The molecule has 3 aromatic carbocycles. The molecule has 226 valence electrons. The number of amides is 2. The molecule has 8 nitrogen and oxygen atoms in total. The highest BCUT2D eigenvalue weighted by atomic mass is 35.5. The predicted molar refractivity (Wildman–Crippen MR) is 168 cm³/mol. The second-order valence-corrected chi connectivity index (χ2v) is 13.3. The fourth-order valence-electron chi connectivity index (χ4n) is 4.05. The van der Waals surface area contributed by atoms with Crippen LogP contribution in [-0.4, -0.2) is 51.4 Å². The van der Waals surface area contributed by atoms with Crippen molar-refractivity contribution in [3.8, 4) is 5.75 Å². The first-order valence-electron chi connectivity index (χ1n) is 13.2. The third-order valence-electron chi connectivity index (χ3n) is 6.50. The van der Waals surface area contributed by atoms with Gasteiger partial charge in [-0.3, -0.25) is 13.9 Å². The number of sulfonamides is 1. The molecule has 12 heteroatoms. The molecule has 0 bridgehead atoms. The SMILES string of the molecule is COc1ccc(N(CC(=O)N(Cc2ccc(Cl)c(Cl)c2)[C@H](C)C(=O)NCC(C)C)S(=O)(=O)c2ccc(C)cc2)cc1Cl. The maximum atomic E-state index is 14.0. The van der Waals surface area contributed by atoms with E-state index in [9.17, 15) is 18.0 Å². The van der Waals surface area contributed by atoms with E-state index in [1.54, 1.807) is 37.3 Å². The zero-order valence-corrected chi connectivity index (χ0v) is 27.1. The Hall–Kier alpha value is -2.98. The molecule has 0 spiro atoms. The molecule has 0 aliphatic heterocycles. The average molecular weight is 655 g/mol. The number of rotatable bonds is 12. The summed E-state index contributed by atoms with van der Waals surface area (Å²) < 4.78 is 34.1. The van der Waals surface area contributed by atoms with Crippen molar-refractivity contribution in [2.45, 2.75) is 45.2 Å². The highest BCUT2D eigenvalue weighted by Crippen LogP contribution is 2.32. The quantitative estimate of drug-likeness (QED) is 0.246. The van der Waals surface area contributed by atoms with E-state index in [1.165, 1.54) is 42.3 Å². The number of anilines is 1. The largest absolute Gasteiger partial charge is 0.495 e. The summed E-state index contributed by atoms with van der Waals surface area (Å²) in [5, 5.41) is 3.64. The minimum Gasteiger partial charge on any atom is -0.495 e. The van der Waals surface area contributed by atoms with Gasteiger partial charge >= 0.3 is 0 Å². The molecule has 1 N–H and O–H groups in total. The summed E-state index contributed by atoms with van der Waals surface area (Å²) in [7, 11) is -2.80. The second kappa shape index (κ2) is 14.5. The zero-order chi connectivity index (χ0) is 31.2. The number of aryl methyl sites for hydroxylation is 1. The summed E-state index contributed by atoms with van der Waals surface area (Å²) >= 11 is 18.7. The number of carbonyl (C=O) groups is 2. The Morgan fingerprint density at radius 2 is 1.57 bits per heavy atom. The summed E-state index contributed by atoms with van der Waals surface area (Å²) in [5.41, 5.74) is 1.64. The average Bonchev–Trinajstić information content (AvgIpc) is 2.94. The molecule has 0 saturated heterocycles. The van der Waals surface area contributed by atoms with Crippen LogP contribution in [0, 0.1) is 12.8 Å². The molecule has 1 atom stereocenters. The molecule has 0 aliphatic carbocycles. The van der Waals surface area contributed by atoms with E-state index in [2.05, 4.69) is 5.32 Å². The molecule has 0 heterocycles. The molecular formula is C30H34Cl3N3O5S. The van der Waals surface area contributed by atoms with Crippen molar-refractivity contribution in [1.29, 1.82) is 0 Å². The van der Waals surface area contributed by atoms with E-state index in [0.717, 1.165) is 9.87 Å². The van der Waals surface area contributed by atoms with E-state index in [1.807, 2.05) is 20.8 Å². The monoisotopic (exact) mass is 653 g/mol. The van der Waals surface area contributed by atoms with E-state index in [4.69, 9.17) is 39.5 Å². The van der Waals surface area contributed by atoms with Crippen molar-refractivity contribution in [3.05, 3.63) is 86.9 Å². The first-order valence-corrected chi connectivity index (χ1v) is 15.8. The van der Waals surface area contributed by atoms with Gasteiger partial charge in [-0.1, -0.05) is 72.4 Å². The molecule has 0 saturated carbocycles. The van der Waals surface area contributed by atoms with Gasteiger partial charge in [0.05, 0.1) is 32.8 Å². The van der Waals surface area contributed by atoms with E-state index in [-0.39, 0.29) is 39.0 Å². The Kier molecular flexibility index (Phi) is 11.5. The van der Waals surface area contributed by atoms with Crippen LogP contribution in [0.5, 0.6) is 5.75 Å². The molecule has 3 aromatic rings. The zero-order valence-electron chi connectivity index (χ0n) is 24.0. The summed E-state index contributed by atoms with van der Waals surface area (Å²) in [6, 6.07) is 14.7. The standard InChI is InChI=1S/C30H34Cl3N3O5S/c1-19(2)16-34-30(38)21(4)35(17-22-8-12-25(31)26(32)14-22)29(37)18-36(23-9-13-28(41-5)27(33)15-23)42(39,40)24-10-6-20(3)7-11-24/h6-15,19,21H,16-18H2,1-5H3,(H,34,38)/t21-/m1/s1. The van der Waals surface area contributed by atoms with Crippen molar-refractivity contribution < 1.29 is 22.7 Å². The first-order chi connectivity index (χ1) is 19.7. The summed E-state index contributed by atoms with van der Waals surface area (Å²) in [6.07, 6.45) is 0. The number of benzene rings is 3. The van der Waals surface area contributed by atoms with Crippen LogP contribution in [0.15, 0.2) is 65.6 Å². The predicted octanol–water partition coefficient (Wildman–Crippen LogP) is 6.35. The maximum Gasteiger partial charge on any atom is 0.264 e. The minimum atomic E-state index is -4.24. The molecule has 0 radical (unpaired) electrons. The van der Waals surface area contributed by atoms with Crippen LogP contribution in [-0.2, 0) is 26.2 Å². The molecule has 3 rings (SSSR count). The number of nitrogens with one attached hydrogen (secondary N) is 1. The van der Waals surface area contributed by atoms with Crippen molar-refractivity contribution >= 4 is 62.3 Å². The van der Waals surface area contributed by atoms with Gasteiger partial charge in [0.1, 0.15) is 18.3 Å². The molecule has 0 aromatic heterocycles. The van der Waals surface area contributed by atoms with Crippen LogP contribution in [0.4, 0.5) is 5.69 Å². The third-order valence-corrected chi connectivity index (χ3v) is 9.32. The summed E-state index contributed by atoms with van der Waals surface area (Å²) in [6.45, 7) is 7.13. The number of methoxy groups -OCH3 is 1. The highest BCUT2D eigenvalue weighted by Gasteiger charge is 2.33. The lowest BCUT2D eigenvalue weighted by Crippen LogP contribution is -2.51. The van der Waals surface area contributed by atoms with Crippen molar-refractivity contribution in [3.63, 3.8) is 0 Å². The first kappa shape index (κ1) is 33.5. The smallest absolute Gasteiger partial charge is 0.264 e. The summed E-state index contributed by atoms with van der Waals surface area (Å²) in [5.74, 6) is -0.458. The maximum absolute atomic E-state index is 14.0. The Balaban J connectivity index is 2.06. The second-order valence-electron chi connectivity index (χ2n) is 10.2. The van der Waals surface area contributed by atoms with Gasteiger partial charge in [0, 0.05) is 13.1 Å². The Morgan fingerprint density at radius 1 is 0.905 bits per heavy atom. The Labute approximate surface area is 262 Å². The van der Waals surface area contributed by atoms with Crippen LogP contribution < -0.4 is 14.4 Å².